The Bertz CT molecular complexity index is 629. The number of carbonyl (C=O) groups excluding carboxylic acids is 1. The minimum Gasteiger partial charge on any atom is -0.339 e. The fourth-order valence-electron chi connectivity index (χ4n) is 3.12. The average Bonchev–Trinajstić information content (AvgIpc) is 2.55. The Morgan fingerprint density at radius 1 is 0.958 bits per heavy atom. The predicted molar refractivity (Wildman–Crippen MR) is 95.5 cm³/mol. The molecule has 1 aliphatic rings. The lowest BCUT2D eigenvalue weighted by molar-refractivity contribution is 0.0742. The number of nitrogens with zero attached hydrogens (tertiary/aromatic N) is 2. The van der Waals surface area contributed by atoms with Crippen molar-refractivity contribution in [1.82, 2.24) is 9.21 Å². The highest BCUT2D eigenvalue weighted by Gasteiger charge is 2.22. The predicted octanol–water partition coefficient (Wildman–Crippen LogP) is 3.12. The molecule has 0 radical (unpaired) electrons. The van der Waals surface area contributed by atoms with Gasteiger partial charge in [-0.2, -0.15) is 4.31 Å². The van der Waals surface area contributed by atoms with E-state index in [9.17, 15) is 13.2 Å². The van der Waals surface area contributed by atoms with E-state index in [1.165, 1.54) is 23.6 Å². The second-order valence-electron chi connectivity index (χ2n) is 6.17. The van der Waals surface area contributed by atoms with Crippen molar-refractivity contribution in [2.45, 2.75) is 50.8 Å². The van der Waals surface area contributed by atoms with E-state index < -0.39 is 10.0 Å². The highest BCUT2D eigenvalue weighted by molar-refractivity contribution is 7.89. The number of rotatable bonds is 5. The molecule has 1 fully saturated rings. The summed E-state index contributed by atoms with van der Waals surface area (Å²) in [6.45, 7) is 6.10. The van der Waals surface area contributed by atoms with Crippen molar-refractivity contribution in [2.24, 2.45) is 0 Å². The van der Waals surface area contributed by atoms with E-state index in [1.54, 1.807) is 24.3 Å². The normalized spacial score (nSPS) is 16.7. The van der Waals surface area contributed by atoms with Crippen LogP contribution in [0, 0.1) is 0 Å². The third-order valence-electron chi connectivity index (χ3n) is 4.59. The van der Waals surface area contributed by atoms with Crippen LogP contribution in [0.4, 0.5) is 0 Å². The molecule has 24 heavy (non-hydrogen) atoms. The maximum Gasteiger partial charge on any atom is 0.253 e. The van der Waals surface area contributed by atoms with Crippen LogP contribution in [0.25, 0.3) is 0 Å². The number of likely N-dealkylation sites (tertiary alicyclic amines) is 1. The van der Waals surface area contributed by atoms with Gasteiger partial charge in [-0.1, -0.05) is 33.1 Å². The van der Waals surface area contributed by atoms with Gasteiger partial charge in [-0.3, -0.25) is 4.79 Å². The number of sulfonamides is 1. The third kappa shape index (κ3) is 4.36. The molecule has 1 aromatic rings. The Morgan fingerprint density at radius 3 is 1.96 bits per heavy atom. The maximum absolute atomic E-state index is 12.6. The molecule has 0 saturated carbocycles. The van der Waals surface area contributed by atoms with Crippen LogP contribution in [-0.4, -0.2) is 49.7 Å². The lowest BCUT2D eigenvalue weighted by Gasteiger charge is -2.25. The van der Waals surface area contributed by atoms with Gasteiger partial charge < -0.3 is 4.90 Å². The number of carbonyl (C=O) groups is 1. The summed E-state index contributed by atoms with van der Waals surface area (Å²) < 4.78 is 26.4. The average molecular weight is 353 g/mol. The summed E-state index contributed by atoms with van der Waals surface area (Å²) in [7, 11) is -3.47. The first-order valence-electron chi connectivity index (χ1n) is 8.90. The first-order chi connectivity index (χ1) is 11.5. The Kier molecular flexibility index (Phi) is 6.80. The van der Waals surface area contributed by atoms with Crippen molar-refractivity contribution in [3.63, 3.8) is 0 Å². The fraction of sp³-hybridized carbons (Fsp3) is 0.611. The lowest BCUT2D eigenvalue weighted by atomic mass is 10.1. The zero-order valence-electron chi connectivity index (χ0n) is 14.7. The molecule has 5 nitrogen and oxygen atoms in total. The van der Waals surface area contributed by atoms with Gasteiger partial charge in [0.1, 0.15) is 0 Å². The first-order valence-corrected chi connectivity index (χ1v) is 10.3. The molecular weight excluding hydrogens is 324 g/mol. The van der Waals surface area contributed by atoms with E-state index in [0.29, 0.717) is 18.7 Å². The second kappa shape index (κ2) is 8.62. The molecule has 0 aliphatic carbocycles. The molecule has 1 aliphatic heterocycles. The molecular formula is C18H28N2O3S. The number of amides is 1. The third-order valence-corrected chi connectivity index (χ3v) is 6.65. The van der Waals surface area contributed by atoms with Crippen LogP contribution >= 0.6 is 0 Å². The van der Waals surface area contributed by atoms with Crippen molar-refractivity contribution in [3.05, 3.63) is 29.8 Å². The van der Waals surface area contributed by atoms with E-state index in [4.69, 9.17) is 0 Å². The number of hydrogen-bond acceptors (Lipinski definition) is 3. The van der Waals surface area contributed by atoms with Crippen molar-refractivity contribution in [3.8, 4) is 0 Å². The zero-order chi connectivity index (χ0) is 17.6. The highest BCUT2D eigenvalue weighted by atomic mass is 32.2. The molecule has 0 unspecified atom stereocenters. The Balaban J connectivity index is 2.14. The lowest BCUT2D eigenvalue weighted by Crippen LogP contribution is -2.34. The van der Waals surface area contributed by atoms with Crippen molar-refractivity contribution in [2.75, 3.05) is 26.2 Å². The Morgan fingerprint density at radius 2 is 1.46 bits per heavy atom. The SMILES string of the molecule is CCN(CC)S(=O)(=O)c1ccc(C(=O)N2CCCCCCC2)cc1. The standard InChI is InChI=1S/C18H28N2O3S/c1-3-20(4-2)24(22,23)17-12-10-16(11-13-17)18(21)19-14-8-6-5-7-9-15-19/h10-13H,3-9,14-15H2,1-2H3. The van der Waals surface area contributed by atoms with E-state index in [2.05, 4.69) is 0 Å². The molecule has 1 saturated heterocycles. The van der Waals surface area contributed by atoms with Crippen LogP contribution in [0.2, 0.25) is 0 Å². The van der Waals surface area contributed by atoms with Crippen LogP contribution in [-0.2, 0) is 10.0 Å². The fourth-order valence-corrected chi connectivity index (χ4v) is 4.57. The van der Waals surface area contributed by atoms with E-state index >= 15 is 0 Å². The maximum atomic E-state index is 12.6. The molecule has 0 aromatic heterocycles. The van der Waals surface area contributed by atoms with Crippen LogP contribution in [0.1, 0.15) is 56.3 Å². The van der Waals surface area contributed by atoms with Gasteiger partial charge in [0.05, 0.1) is 4.90 Å². The second-order valence-corrected chi connectivity index (χ2v) is 8.11. The molecule has 6 heteroatoms. The number of hydrogen-bond donors (Lipinski definition) is 0. The summed E-state index contributed by atoms with van der Waals surface area (Å²) in [5, 5.41) is 0. The van der Waals surface area contributed by atoms with Gasteiger partial charge in [0.2, 0.25) is 10.0 Å². The molecule has 2 rings (SSSR count). The summed E-state index contributed by atoms with van der Waals surface area (Å²) in [6.07, 6.45) is 5.68. The van der Waals surface area contributed by atoms with Crippen LogP contribution in [0.5, 0.6) is 0 Å². The van der Waals surface area contributed by atoms with E-state index in [-0.39, 0.29) is 10.8 Å². The molecule has 0 N–H and O–H groups in total. The largest absolute Gasteiger partial charge is 0.339 e. The van der Waals surface area contributed by atoms with Gasteiger partial charge in [-0.25, -0.2) is 8.42 Å². The summed E-state index contributed by atoms with van der Waals surface area (Å²) in [6, 6.07) is 6.37. The molecule has 1 heterocycles. The van der Waals surface area contributed by atoms with Gasteiger partial charge >= 0.3 is 0 Å². The summed E-state index contributed by atoms with van der Waals surface area (Å²) in [5.74, 6) is 0.00341. The van der Waals surface area contributed by atoms with Gasteiger partial charge in [0.15, 0.2) is 0 Å². The van der Waals surface area contributed by atoms with Crippen molar-refractivity contribution < 1.29 is 13.2 Å². The summed E-state index contributed by atoms with van der Waals surface area (Å²) in [4.78, 5) is 14.8. The number of benzene rings is 1. The summed E-state index contributed by atoms with van der Waals surface area (Å²) in [5.41, 5.74) is 0.564. The first kappa shape index (κ1) is 18.9. The van der Waals surface area contributed by atoms with Crippen LogP contribution < -0.4 is 0 Å². The zero-order valence-corrected chi connectivity index (χ0v) is 15.5. The molecule has 0 spiro atoms. The molecule has 0 atom stereocenters. The van der Waals surface area contributed by atoms with Gasteiger partial charge in [0, 0.05) is 31.7 Å². The highest BCUT2D eigenvalue weighted by Crippen LogP contribution is 2.18. The monoisotopic (exact) mass is 352 g/mol. The van der Waals surface area contributed by atoms with Gasteiger partial charge in [-0.05, 0) is 37.1 Å². The smallest absolute Gasteiger partial charge is 0.253 e. The minimum atomic E-state index is -3.47. The molecule has 1 amide bonds. The van der Waals surface area contributed by atoms with E-state index in [0.717, 1.165) is 25.9 Å². The topological polar surface area (TPSA) is 57.7 Å². The van der Waals surface area contributed by atoms with Crippen molar-refractivity contribution >= 4 is 15.9 Å². The van der Waals surface area contributed by atoms with Crippen LogP contribution in [0.15, 0.2) is 29.2 Å². The Labute approximate surface area is 145 Å². The van der Waals surface area contributed by atoms with Crippen molar-refractivity contribution in [1.29, 1.82) is 0 Å². The van der Waals surface area contributed by atoms with Gasteiger partial charge in [0.25, 0.3) is 5.91 Å². The van der Waals surface area contributed by atoms with Gasteiger partial charge in [-0.15, -0.1) is 0 Å². The van der Waals surface area contributed by atoms with Crippen LogP contribution in [0.3, 0.4) is 0 Å². The molecule has 134 valence electrons. The Hall–Kier alpha value is -1.40. The minimum absolute atomic E-state index is 0.00341. The van der Waals surface area contributed by atoms with E-state index in [1.807, 2.05) is 18.7 Å². The molecule has 0 bridgehead atoms. The quantitative estimate of drug-likeness (QED) is 0.818. The molecule has 1 aromatic carbocycles. The summed E-state index contributed by atoms with van der Waals surface area (Å²) >= 11 is 0.